The Labute approximate surface area is 140 Å². The second-order valence-corrected chi connectivity index (χ2v) is 6.12. The van der Waals surface area contributed by atoms with Gasteiger partial charge >= 0.3 is 0 Å². The van der Waals surface area contributed by atoms with Crippen LogP contribution in [0.2, 0.25) is 0 Å². The largest absolute Gasteiger partial charge is 0.348 e. The summed E-state index contributed by atoms with van der Waals surface area (Å²) in [6, 6.07) is 0.0159. The van der Waals surface area contributed by atoms with Gasteiger partial charge in [0.15, 0.2) is 0 Å². The van der Waals surface area contributed by atoms with E-state index < -0.39 is 0 Å². The molecule has 0 fully saturated rings. The fraction of sp³-hybridized carbons (Fsp3) is 0.500. The van der Waals surface area contributed by atoms with Gasteiger partial charge in [0.2, 0.25) is 0 Å². The van der Waals surface area contributed by atoms with Crippen molar-refractivity contribution in [1.82, 2.24) is 20.1 Å². The smallest absolute Gasteiger partial charge is 0.270 e. The lowest BCUT2D eigenvalue weighted by Crippen LogP contribution is -2.34. The van der Waals surface area contributed by atoms with Gasteiger partial charge in [-0.15, -0.1) is 23.7 Å². The molecule has 1 atom stereocenters. The van der Waals surface area contributed by atoms with Crippen molar-refractivity contribution >= 4 is 29.7 Å². The first kappa shape index (κ1) is 18.6. The minimum atomic E-state index is -0.155. The van der Waals surface area contributed by atoms with E-state index in [0.29, 0.717) is 12.2 Å². The number of thiazole rings is 1. The lowest BCUT2D eigenvalue weighted by Gasteiger charge is -2.13. The van der Waals surface area contributed by atoms with Gasteiger partial charge in [-0.05, 0) is 32.8 Å². The number of nitrogens with two attached hydrogens (primary N) is 1. The molecule has 0 bridgehead atoms. The van der Waals surface area contributed by atoms with Gasteiger partial charge in [-0.1, -0.05) is 0 Å². The van der Waals surface area contributed by atoms with Crippen LogP contribution in [-0.4, -0.2) is 26.7 Å². The van der Waals surface area contributed by atoms with Crippen molar-refractivity contribution in [2.75, 3.05) is 0 Å². The zero-order valence-electron chi connectivity index (χ0n) is 13.2. The average Bonchev–Trinajstić information content (AvgIpc) is 3.00. The highest BCUT2D eigenvalue weighted by molar-refractivity contribution is 7.09. The number of rotatable bonds is 5. The number of carbonyl (C=O) groups excluding carboxylic acids is 1. The Balaban J connectivity index is 0.00000242. The van der Waals surface area contributed by atoms with E-state index in [4.69, 9.17) is 5.73 Å². The molecule has 0 aliphatic rings. The summed E-state index contributed by atoms with van der Waals surface area (Å²) in [5.41, 5.74) is 9.27. The van der Waals surface area contributed by atoms with E-state index in [1.165, 1.54) is 16.9 Å². The molecule has 8 heteroatoms. The van der Waals surface area contributed by atoms with Crippen LogP contribution in [-0.2, 0) is 20.0 Å². The van der Waals surface area contributed by atoms with Gasteiger partial charge in [-0.2, -0.15) is 5.10 Å². The number of halogens is 1. The zero-order valence-corrected chi connectivity index (χ0v) is 14.8. The third kappa shape index (κ3) is 4.06. The molecular weight excluding hydrogens is 322 g/mol. The number of hydrogen-bond donors (Lipinski definition) is 2. The topological polar surface area (TPSA) is 85.8 Å². The summed E-state index contributed by atoms with van der Waals surface area (Å²) in [6.45, 7) is 6.38. The zero-order chi connectivity index (χ0) is 15.6. The Kier molecular flexibility index (Phi) is 6.52. The maximum atomic E-state index is 12.1. The molecule has 2 rings (SSSR count). The van der Waals surface area contributed by atoms with Crippen molar-refractivity contribution in [2.45, 2.75) is 39.8 Å². The van der Waals surface area contributed by atoms with Gasteiger partial charge in [0.05, 0.1) is 5.69 Å². The maximum absolute atomic E-state index is 12.1. The van der Waals surface area contributed by atoms with Gasteiger partial charge in [0.25, 0.3) is 5.91 Å². The molecule has 2 aromatic heterocycles. The van der Waals surface area contributed by atoms with Crippen molar-refractivity contribution in [2.24, 2.45) is 12.8 Å². The van der Waals surface area contributed by atoms with Gasteiger partial charge in [0.1, 0.15) is 10.7 Å². The number of nitrogens with one attached hydrogen (secondary N) is 1. The van der Waals surface area contributed by atoms with E-state index in [1.54, 1.807) is 5.38 Å². The van der Waals surface area contributed by atoms with Crippen molar-refractivity contribution in [1.29, 1.82) is 0 Å². The standard InChI is InChI=1S/C14H21N5OS.ClH/c1-8(5-11-9(2)18-19(4)10(11)3)16-14(20)12-7-21-13(6-15)17-12;/h7-8H,5-6,15H2,1-4H3,(H,16,20);1H. The number of amides is 1. The molecule has 1 unspecified atom stereocenters. The van der Waals surface area contributed by atoms with Gasteiger partial charge in [-0.25, -0.2) is 4.98 Å². The molecule has 0 spiro atoms. The highest BCUT2D eigenvalue weighted by atomic mass is 35.5. The van der Waals surface area contributed by atoms with Gasteiger partial charge in [-0.3, -0.25) is 9.48 Å². The molecule has 0 radical (unpaired) electrons. The van der Waals surface area contributed by atoms with Crippen molar-refractivity contribution in [3.05, 3.63) is 33.0 Å². The quantitative estimate of drug-likeness (QED) is 0.865. The highest BCUT2D eigenvalue weighted by Gasteiger charge is 2.16. The van der Waals surface area contributed by atoms with Crippen LogP contribution in [0.4, 0.5) is 0 Å². The van der Waals surface area contributed by atoms with Crippen LogP contribution in [0.3, 0.4) is 0 Å². The molecule has 1 amide bonds. The Morgan fingerprint density at radius 3 is 2.68 bits per heavy atom. The van der Waals surface area contributed by atoms with E-state index >= 15 is 0 Å². The van der Waals surface area contributed by atoms with Crippen LogP contribution in [0.5, 0.6) is 0 Å². The van der Waals surface area contributed by atoms with E-state index in [0.717, 1.165) is 22.8 Å². The Bertz CT molecular complexity index is 652. The van der Waals surface area contributed by atoms with Gasteiger partial charge < -0.3 is 11.1 Å². The van der Waals surface area contributed by atoms with Crippen molar-refractivity contribution < 1.29 is 4.79 Å². The second-order valence-electron chi connectivity index (χ2n) is 5.18. The molecule has 6 nitrogen and oxygen atoms in total. The van der Waals surface area contributed by atoms with E-state index in [9.17, 15) is 4.79 Å². The van der Waals surface area contributed by atoms with E-state index in [2.05, 4.69) is 15.4 Å². The Morgan fingerprint density at radius 1 is 1.50 bits per heavy atom. The predicted molar refractivity (Wildman–Crippen MR) is 90.6 cm³/mol. The van der Waals surface area contributed by atoms with Crippen molar-refractivity contribution in [3.8, 4) is 0 Å². The molecule has 2 aromatic rings. The first-order valence-electron chi connectivity index (χ1n) is 6.86. The second kappa shape index (κ2) is 7.71. The monoisotopic (exact) mass is 343 g/mol. The van der Waals surface area contributed by atoms with Crippen LogP contribution < -0.4 is 11.1 Å². The first-order valence-corrected chi connectivity index (χ1v) is 7.74. The summed E-state index contributed by atoms with van der Waals surface area (Å²) in [5.74, 6) is -0.155. The molecule has 0 aliphatic heterocycles. The molecule has 0 aliphatic carbocycles. The number of carbonyl (C=O) groups is 1. The molecule has 0 saturated carbocycles. The summed E-state index contributed by atoms with van der Waals surface area (Å²) < 4.78 is 1.87. The Morgan fingerprint density at radius 2 is 2.18 bits per heavy atom. The van der Waals surface area contributed by atoms with Crippen LogP contribution in [0.1, 0.15) is 39.4 Å². The first-order chi connectivity index (χ1) is 9.92. The number of aromatic nitrogens is 3. The maximum Gasteiger partial charge on any atom is 0.270 e. The minimum absolute atomic E-state index is 0. The number of hydrogen-bond acceptors (Lipinski definition) is 5. The molecule has 3 N–H and O–H groups in total. The van der Waals surface area contributed by atoms with Crippen LogP contribution in [0, 0.1) is 13.8 Å². The number of nitrogens with zero attached hydrogens (tertiary/aromatic N) is 3. The fourth-order valence-corrected chi connectivity index (χ4v) is 2.93. The molecule has 2 heterocycles. The summed E-state index contributed by atoms with van der Waals surface area (Å²) in [7, 11) is 1.93. The molecular formula is C14H22ClN5OS. The number of aryl methyl sites for hydroxylation is 2. The highest BCUT2D eigenvalue weighted by Crippen LogP contribution is 2.15. The summed E-state index contributed by atoms with van der Waals surface area (Å²) in [6.07, 6.45) is 0.755. The van der Waals surface area contributed by atoms with Crippen LogP contribution >= 0.6 is 23.7 Å². The predicted octanol–water partition coefficient (Wildman–Crippen LogP) is 1.73. The van der Waals surface area contributed by atoms with Crippen molar-refractivity contribution in [3.63, 3.8) is 0 Å². The molecule has 22 heavy (non-hydrogen) atoms. The minimum Gasteiger partial charge on any atom is -0.348 e. The molecule has 122 valence electrons. The lowest BCUT2D eigenvalue weighted by atomic mass is 10.1. The lowest BCUT2D eigenvalue weighted by molar-refractivity contribution is 0.0935. The fourth-order valence-electron chi connectivity index (χ4n) is 2.28. The van der Waals surface area contributed by atoms with E-state index in [-0.39, 0.29) is 24.4 Å². The third-order valence-electron chi connectivity index (χ3n) is 3.51. The third-order valence-corrected chi connectivity index (χ3v) is 4.38. The van der Waals surface area contributed by atoms with E-state index in [1.807, 2.05) is 32.5 Å². The van der Waals surface area contributed by atoms with Crippen LogP contribution in [0.15, 0.2) is 5.38 Å². The summed E-state index contributed by atoms with van der Waals surface area (Å²) >= 11 is 1.41. The van der Waals surface area contributed by atoms with Crippen LogP contribution in [0.25, 0.3) is 0 Å². The normalized spacial score (nSPS) is 11.9. The molecule has 0 saturated heterocycles. The average molecular weight is 344 g/mol. The molecule has 0 aromatic carbocycles. The summed E-state index contributed by atoms with van der Waals surface area (Å²) in [4.78, 5) is 16.3. The SMILES string of the molecule is Cc1nn(C)c(C)c1CC(C)NC(=O)c1csc(CN)n1.Cl. The van der Waals surface area contributed by atoms with Gasteiger partial charge in [0, 0.05) is 30.7 Å². The summed E-state index contributed by atoms with van der Waals surface area (Å²) in [5, 5.41) is 9.88. The Hall–Kier alpha value is -1.44.